The molecule has 0 amide bonds. The Morgan fingerprint density at radius 1 is 1.30 bits per heavy atom. The first kappa shape index (κ1) is 15.3. The fourth-order valence-electron chi connectivity index (χ4n) is 2.73. The number of benzene rings is 1. The molecule has 23 heavy (non-hydrogen) atoms. The Morgan fingerprint density at radius 2 is 2.17 bits per heavy atom. The SMILES string of the molecule is CC1CNCCN1c1cccc(OCc2ccccc2C#N)n1. The summed E-state index contributed by atoms with van der Waals surface area (Å²) >= 11 is 0. The number of piperazine rings is 1. The third kappa shape index (κ3) is 3.61. The van der Waals surface area contributed by atoms with Gasteiger partial charge in [-0.2, -0.15) is 10.2 Å². The van der Waals surface area contributed by atoms with E-state index >= 15 is 0 Å². The van der Waals surface area contributed by atoms with Crippen molar-refractivity contribution in [1.82, 2.24) is 10.3 Å². The summed E-state index contributed by atoms with van der Waals surface area (Å²) in [6.07, 6.45) is 0. The maximum absolute atomic E-state index is 9.13. The summed E-state index contributed by atoms with van der Waals surface area (Å²) in [4.78, 5) is 6.89. The van der Waals surface area contributed by atoms with Crippen LogP contribution in [-0.2, 0) is 6.61 Å². The molecule has 0 spiro atoms. The molecule has 0 aliphatic carbocycles. The van der Waals surface area contributed by atoms with Crippen molar-refractivity contribution in [3.63, 3.8) is 0 Å². The molecule has 1 N–H and O–H groups in total. The summed E-state index contributed by atoms with van der Waals surface area (Å²) in [5, 5.41) is 12.5. The van der Waals surface area contributed by atoms with E-state index in [0.29, 0.717) is 24.1 Å². The van der Waals surface area contributed by atoms with Crippen LogP contribution in [0.1, 0.15) is 18.1 Å². The zero-order chi connectivity index (χ0) is 16.1. The van der Waals surface area contributed by atoms with E-state index in [9.17, 15) is 0 Å². The molecule has 3 rings (SSSR count). The van der Waals surface area contributed by atoms with Crippen molar-refractivity contribution in [2.45, 2.75) is 19.6 Å². The maximum Gasteiger partial charge on any atom is 0.215 e. The van der Waals surface area contributed by atoms with Gasteiger partial charge in [0.1, 0.15) is 12.4 Å². The highest BCUT2D eigenvalue weighted by atomic mass is 16.5. The minimum absolute atomic E-state index is 0.345. The van der Waals surface area contributed by atoms with E-state index in [1.54, 1.807) is 6.07 Å². The molecule has 118 valence electrons. The van der Waals surface area contributed by atoms with Gasteiger partial charge < -0.3 is 15.0 Å². The van der Waals surface area contributed by atoms with Crippen molar-refractivity contribution in [3.8, 4) is 11.9 Å². The number of rotatable bonds is 4. The van der Waals surface area contributed by atoms with E-state index in [0.717, 1.165) is 31.0 Å². The number of anilines is 1. The van der Waals surface area contributed by atoms with Crippen LogP contribution in [0.2, 0.25) is 0 Å². The van der Waals surface area contributed by atoms with Gasteiger partial charge >= 0.3 is 0 Å². The normalized spacial score (nSPS) is 17.6. The molecular weight excluding hydrogens is 288 g/mol. The molecule has 5 nitrogen and oxygen atoms in total. The molecule has 0 radical (unpaired) electrons. The van der Waals surface area contributed by atoms with Crippen LogP contribution in [0.3, 0.4) is 0 Å². The van der Waals surface area contributed by atoms with Crippen LogP contribution in [0.15, 0.2) is 42.5 Å². The first-order valence-corrected chi connectivity index (χ1v) is 7.83. The predicted molar refractivity (Wildman–Crippen MR) is 89.4 cm³/mol. The molecule has 1 aliphatic heterocycles. The summed E-state index contributed by atoms with van der Waals surface area (Å²) in [5.41, 5.74) is 1.51. The van der Waals surface area contributed by atoms with E-state index in [4.69, 9.17) is 10.00 Å². The second kappa shape index (κ2) is 7.12. The standard InChI is InChI=1S/C18H20N4O/c1-14-12-20-9-10-22(14)17-7-4-8-18(21-17)23-13-16-6-3-2-5-15(16)11-19/h2-8,14,20H,9-10,12-13H2,1H3. The molecule has 1 unspecified atom stereocenters. The number of pyridine rings is 1. The van der Waals surface area contributed by atoms with Crippen LogP contribution < -0.4 is 15.0 Å². The van der Waals surface area contributed by atoms with Gasteiger partial charge in [-0.05, 0) is 19.1 Å². The first-order chi connectivity index (χ1) is 11.3. The van der Waals surface area contributed by atoms with Crippen LogP contribution >= 0.6 is 0 Å². The van der Waals surface area contributed by atoms with E-state index in [2.05, 4.69) is 28.2 Å². The Balaban J connectivity index is 1.72. The highest BCUT2D eigenvalue weighted by Crippen LogP contribution is 2.20. The molecule has 2 heterocycles. The van der Waals surface area contributed by atoms with Gasteiger partial charge in [-0.15, -0.1) is 0 Å². The Bertz CT molecular complexity index is 710. The molecule has 1 aromatic carbocycles. The van der Waals surface area contributed by atoms with E-state index in [1.807, 2.05) is 36.4 Å². The van der Waals surface area contributed by atoms with E-state index < -0.39 is 0 Å². The minimum atomic E-state index is 0.345. The van der Waals surface area contributed by atoms with Gasteiger partial charge in [-0.25, -0.2) is 0 Å². The van der Waals surface area contributed by atoms with Crippen molar-refractivity contribution in [2.75, 3.05) is 24.5 Å². The molecule has 1 atom stereocenters. The summed E-state index contributed by atoms with van der Waals surface area (Å²) < 4.78 is 5.80. The van der Waals surface area contributed by atoms with Gasteiger partial charge in [0.15, 0.2) is 0 Å². The van der Waals surface area contributed by atoms with Crippen molar-refractivity contribution in [3.05, 3.63) is 53.6 Å². The Morgan fingerprint density at radius 3 is 3.00 bits per heavy atom. The van der Waals surface area contributed by atoms with Crippen LogP contribution in [0, 0.1) is 11.3 Å². The molecule has 1 aromatic heterocycles. The number of hydrogen-bond donors (Lipinski definition) is 1. The maximum atomic E-state index is 9.13. The van der Waals surface area contributed by atoms with Crippen molar-refractivity contribution < 1.29 is 4.74 Å². The van der Waals surface area contributed by atoms with E-state index in [1.165, 1.54) is 0 Å². The van der Waals surface area contributed by atoms with Gasteiger partial charge in [0.2, 0.25) is 5.88 Å². The molecule has 5 heteroatoms. The number of nitriles is 1. The minimum Gasteiger partial charge on any atom is -0.473 e. The van der Waals surface area contributed by atoms with Crippen molar-refractivity contribution in [1.29, 1.82) is 5.26 Å². The Labute approximate surface area is 136 Å². The molecule has 0 bridgehead atoms. The molecule has 2 aromatic rings. The van der Waals surface area contributed by atoms with Crippen molar-refractivity contribution in [2.24, 2.45) is 0 Å². The summed E-state index contributed by atoms with van der Waals surface area (Å²) in [5.74, 6) is 1.52. The van der Waals surface area contributed by atoms with Crippen LogP contribution in [0.4, 0.5) is 5.82 Å². The lowest BCUT2D eigenvalue weighted by Crippen LogP contribution is -2.50. The number of aromatic nitrogens is 1. The summed E-state index contributed by atoms with van der Waals surface area (Å²) in [6, 6.07) is 15.9. The third-order valence-corrected chi connectivity index (χ3v) is 4.02. The van der Waals surface area contributed by atoms with E-state index in [-0.39, 0.29) is 0 Å². The van der Waals surface area contributed by atoms with Crippen LogP contribution in [-0.4, -0.2) is 30.7 Å². The third-order valence-electron chi connectivity index (χ3n) is 4.02. The zero-order valence-corrected chi connectivity index (χ0v) is 13.2. The lowest BCUT2D eigenvalue weighted by molar-refractivity contribution is 0.293. The molecular formula is C18H20N4O. The summed E-state index contributed by atoms with van der Waals surface area (Å²) in [7, 11) is 0. The highest BCUT2D eigenvalue weighted by molar-refractivity contribution is 5.43. The van der Waals surface area contributed by atoms with Gasteiger partial charge in [0, 0.05) is 37.3 Å². The number of nitrogens with one attached hydrogen (secondary N) is 1. The average Bonchev–Trinajstić information content (AvgIpc) is 2.61. The van der Waals surface area contributed by atoms with Gasteiger partial charge in [0.05, 0.1) is 11.6 Å². The largest absolute Gasteiger partial charge is 0.473 e. The topological polar surface area (TPSA) is 61.2 Å². The molecule has 0 saturated carbocycles. The highest BCUT2D eigenvalue weighted by Gasteiger charge is 2.19. The van der Waals surface area contributed by atoms with Crippen molar-refractivity contribution >= 4 is 5.82 Å². The first-order valence-electron chi connectivity index (χ1n) is 7.83. The molecule has 1 fully saturated rings. The second-order valence-electron chi connectivity index (χ2n) is 5.64. The zero-order valence-electron chi connectivity index (χ0n) is 13.2. The average molecular weight is 308 g/mol. The fourth-order valence-corrected chi connectivity index (χ4v) is 2.73. The smallest absolute Gasteiger partial charge is 0.215 e. The second-order valence-corrected chi connectivity index (χ2v) is 5.64. The quantitative estimate of drug-likeness (QED) is 0.939. The molecule has 1 aliphatic rings. The lowest BCUT2D eigenvalue weighted by Gasteiger charge is -2.34. The lowest BCUT2D eigenvalue weighted by atomic mass is 10.1. The predicted octanol–water partition coefficient (Wildman–Crippen LogP) is 2.33. The van der Waals surface area contributed by atoms with Gasteiger partial charge in [-0.3, -0.25) is 0 Å². The number of hydrogen-bond acceptors (Lipinski definition) is 5. The van der Waals surface area contributed by atoms with Gasteiger partial charge in [0.25, 0.3) is 0 Å². The summed E-state index contributed by atoms with van der Waals surface area (Å²) in [6.45, 7) is 5.39. The Hall–Kier alpha value is -2.58. The Kier molecular flexibility index (Phi) is 4.74. The van der Waals surface area contributed by atoms with Crippen LogP contribution in [0.25, 0.3) is 0 Å². The van der Waals surface area contributed by atoms with Gasteiger partial charge in [-0.1, -0.05) is 24.3 Å². The fraction of sp³-hybridized carbons (Fsp3) is 0.333. The van der Waals surface area contributed by atoms with Crippen LogP contribution in [0.5, 0.6) is 5.88 Å². The number of ether oxygens (including phenoxy) is 1. The monoisotopic (exact) mass is 308 g/mol. The molecule has 1 saturated heterocycles. The number of nitrogens with zero attached hydrogens (tertiary/aromatic N) is 3.